The number of anilines is 1. The molecule has 4 rings (SSSR count). The summed E-state index contributed by atoms with van der Waals surface area (Å²) >= 11 is 0. The van der Waals surface area contributed by atoms with Crippen LogP contribution in [0.1, 0.15) is 23.1 Å². The lowest BCUT2D eigenvalue weighted by molar-refractivity contribution is -0.121. The van der Waals surface area contributed by atoms with E-state index in [0.717, 1.165) is 27.6 Å². The van der Waals surface area contributed by atoms with Gasteiger partial charge in [0.25, 0.3) is 0 Å². The predicted molar refractivity (Wildman–Crippen MR) is 123 cm³/mol. The number of amides is 1. The fourth-order valence-electron chi connectivity index (χ4n) is 3.63. The highest BCUT2D eigenvalue weighted by molar-refractivity contribution is 5.87. The number of hydrogen-bond acceptors (Lipinski definition) is 3. The van der Waals surface area contributed by atoms with Gasteiger partial charge in [-0.15, -0.1) is 0 Å². The second-order valence-electron chi connectivity index (χ2n) is 7.52. The Hall–Kier alpha value is -3.66. The average molecular weight is 396 g/mol. The van der Waals surface area contributed by atoms with Crippen LogP contribution in [-0.2, 0) is 17.8 Å². The number of nitrogens with zero attached hydrogens (tertiary/aromatic N) is 1. The molecule has 0 atom stereocenters. The predicted octanol–water partition coefficient (Wildman–Crippen LogP) is 5.04. The first-order valence-electron chi connectivity index (χ1n) is 10.2. The topological polar surface area (TPSA) is 68.0 Å². The number of nitrogen functional groups attached to an aromatic ring is 1. The lowest BCUT2D eigenvalue weighted by Crippen LogP contribution is -2.23. The third-order valence-electron chi connectivity index (χ3n) is 5.34. The average Bonchev–Trinajstić information content (AvgIpc) is 2.77. The number of carbonyl (C=O) groups excluding carboxylic acids is 1. The van der Waals surface area contributed by atoms with Gasteiger partial charge >= 0.3 is 0 Å². The van der Waals surface area contributed by atoms with E-state index in [0.29, 0.717) is 25.2 Å². The quantitative estimate of drug-likeness (QED) is 0.480. The van der Waals surface area contributed by atoms with Crippen LogP contribution in [0.25, 0.3) is 22.0 Å². The van der Waals surface area contributed by atoms with Crippen molar-refractivity contribution in [1.82, 2.24) is 10.3 Å². The van der Waals surface area contributed by atoms with E-state index in [1.807, 2.05) is 48.5 Å². The first-order chi connectivity index (χ1) is 14.6. The minimum absolute atomic E-state index is 0.00649. The first-order valence-corrected chi connectivity index (χ1v) is 10.2. The number of pyridine rings is 1. The number of aryl methyl sites for hydroxylation is 2. The van der Waals surface area contributed by atoms with Crippen LogP contribution in [0.15, 0.2) is 78.9 Å². The van der Waals surface area contributed by atoms with Crippen molar-refractivity contribution < 1.29 is 4.79 Å². The van der Waals surface area contributed by atoms with Gasteiger partial charge in [-0.1, -0.05) is 60.7 Å². The van der Waals surface area contributed by atoms with Crippen LogP contribution in [0, 0.1) is 6.92 Å². The SMILES string of the molecule is Cc1ccccc1-c1ccc2nc(N)c(CCC(=O)NCc3ccccc3)cc2c1. The lowest BCUT2D eigenvalue weighted by atomic mass is 9.98. The summed E-state index contributed by atoms with van der Waals surface area (Å²) in [6, 6.07) is 26.5. The van der Waals surface area contributed by atoms with E-state index in [1.165, 1.54) is 11.1 Å². The van der Waals surface area contributed by atoms with Gasteiger partial charge in [-0.2, -0.15) is 0 Å². The molecule has 0 aliphatic carbocycles. The molecule has 150 valence electrons. The molecular weight excluding hydrogens is 370 g/mol. The Kier molecular flexibility index (Phi) is 5.75. The van der Waals surface area contributed by atoms with Gasteiger partial charge in [-0.25, -0.2) is 4.98 Å². The second-order valence-corrected chi connectivity index (χ2v) is 7.52. The van der Waals surface area contributed by atoms with E-state index in [2.05, 4.69) is 47.6 Å². The minimum atomic E-state index is 0.00649. The Morgan fingerprint density at radius 1 is 0.967 bits per heavy atom. The maximum Gasteiger partial charge on any atom is 0.220 e. The second kappa shape index (κ2) is 8.78. The van der Waals surface area contributed by atoms with Crippen LogP contribution < -0.4 is 11.1 Å². The Labute approximate surface area is 176 Å². The summed E-state index contributed by atoms with van der Waals surface area (Å²) in [6.45, 7) is 2.64. The fourth-order valence-corrected chi connectivity index (χ4v) is 3.63. The Balaban J connectivity index is 1.49. The van der Waals surface area contributed by atoms with Crippen molar-refractivity contribution in [2.24, 2.45) is 0 Å². The fraction of sp³-hybridized carbons (Fsp3) is 0.154. The van der Waals surface area contributed by atoms with Gasteiger partial charge in [0.2, 0.25) is 5.91 Å². The molecule has 0 aliphatic rings. The number of fused-ring (bicyclic) bond motifs is 1. The van der Waals surface area contributed by atoms with Gasteiger partial charge in [0.05, 0.1) is 5.52 Å². The van der Waals surface area contributed by atoms with Crippen LogP contribution in [0.4, 0.5) is 5.82 Å². The van der Waals surface area contributed by atoms with E-state index < -0.39 is 0 Å². The first kappa shape index (κ1) is 19.6. The highest BCUT2D eigenvalue weighted by Crippen LogP contribution is 2.28. The smallest absolute Gasteiger partial charge is 0.220 e. The van der Waals surface area contributed by atoms with Gasteiger partial charge < -0.3 is 11.1 Å². The molecule has 0 radical (unpaired) electrons. The summed E-state index contributed by atoms with van der Waals surface area (Å²) in [4.78, 5) is 16.8. The summed E-state index contributed by atoms with van der Waals surface area (Å²) in [5.41, 5.74) is 12.6. The van der Waals surface area contributed by atoms with Gasteiger partial charge in [-0.05, 0) is 59.4 Å². The maximum atomic E-state index is 12.3. The Morgan fingerprint density at radius 3 is 2.53 bits per heavy atom. The third-order valence-corrected chi connectivity index (χ3v) is 5.34. The normalized spacial score (nSPS) is 10.8. The molecule has 0 saturated carbocycles. The zero-order chi connectivity index (χ0) is 20.9. The molecule has 0 aliphatic heterocycles. The molecule has 1 amide bonds. The Morgan fingerprint density at radius 2 is 1.73 bits per heavy atom. The molecule has 4 aromatic rings. The van der Waals surface area contributed by atoms with Crippen molar-refractivity contribution in [3.05, 3.63) is 95.6 Å². The van der Waals surface area contributed by atoms with E-state index in [-0.39, 0.29) is 5.91 Å². The van der Waals surface area contributed by atoms with E-state index >= 15 is 0 Å². The lowest BCUT2D eigenvalue weighted by Gasteiger charge is -2.10. The third kappa shape index (κ3) is 4.49. The molecule has 0 unspecified atom stereocenters. The van der Waals surface area contributed by atoms with Gasteiger partial charge in [-0.3, -0.25) is 4.79 Å². The number of nitrogens with two attached hydrogens (primary N) is 1. The molecular formula is C26H25N3O. The molecule has 3 aromatic carbocycles. The molecule has 4 heteroatoms. The van der Waals surface area contributed by atoms with Crippen molar-refractivity contribution in [2.75, 3.05) is 5.73 Å². The molecule has 1 heterocycles. The summed E-state index contributed by atoms with van der Waals surface area (Å²) < 4.78 is 0. The summed E-state index contributed by atoms with van der Waals surface area (Å²) in [5, 5.41) is 3.99. The number of aromatic nitrogens is 1. The summed E-state index contributed by atoms with van der Waals surface area (Å²) in [5.74, 6) is 0.494. The highest BCUT2D eigenvalue weighted by atomic mass is 16.1. The number of hydrogen-bond donors (Lipinski definition) is 2. The van der Waals surface area contributed by atoms with E-state index in [1.54, 1.807) is 0 Å². The molecule has 0 saturated heterocycles. The molecule has 0 spiro atoms. The molecule has 3 N–H and O–H groups in total. The van der Waals surface area contributed by atoms with E-state index in [4.69, 9.17) is 5.73 Å². The number of carbonyl (C=O) groups is 1. The molecule has 4 nitrogen and oxygen atoms in total. The van der Waals surface area contributed by atoms with Gasteiger partial charge in [0.15, 0.2) is 0 Å². The molecule has 0 bridgehead atoms. The minimum Gasteiger partial charge on any atom is -0.383 e. The standard InChI is InChI=1S/C26H25N3O/c1-18-7-5-6-10-23(18)20-11-13-24-22(15-20)16-21(26(27)29-24)12-14-25(30)28-17-19-8-3-2-4-9-19/h2-11,13,15-16H,12,14,17H2,1H3,(H2,27,29)(H,28,30). The summed E-state index contributed by atoms with van der Waals surface area (Å²) in [6.07, 6.45) is 0.936. The van der Waals surface area contributed by atoms with Gasteiger partial charge in [0, 0.05) is 18.4 Å². The maximum absolute atomic E-state index is 12.3. The van der Waals surface area contributed by atoms with Crippen molar-refractivity contribution in [1.29, 1.82) is 0 Å². The molecule has 1 aromatic heterocycles. The van der Waals surface area contributed by atoms with Crippen molar-refractivity contribution in [3.63, 3.8) is 0 Å². The monoisotopic (exact) mass is 395 g/mol. The van der Waals surface area contributed by atoms with Crippen LogP contribution >= 0.6 is 0 Å². The van der Waals surface area contributed by atoms with Crippen LogP contribution in [0.5, 0.6) is 0 Å². The van der Waals surface area contributed by atoms with Crippen LogP contribution in [0.2, 0.25) is 0 Å². The van der Waals surface area contributed by atoms with Gasteiger partial charge in [0.1, 0.15) is 5.82 Å². The largest absolute Gasteiger partial charge is 0.383 e. The van der Waals surface area contributed by atoms with E-state index in [9.17, 15) is 4.79 Å². The summed E-state index contributed by atoms with van der Waals surface area (Å²) in [7, 11) is 0. The highest BCUT2D eigenvalue weighted by Gasteiger charge is 2.09. The zero-order valence-electron chi connectivity index (χ0n) is 17.1. The Bertz CT molecular complexity index is 1190. The van der Waals surface area contributed by atoms with Crippen LogP contribution in [0.3, 0.4) is 0 Å². The van der Waals surface area contributed by atoms with Crippen LogP contribution in [-0.4, -0.2) is 10.9 Å². The number of nitrogens with one attached hydrogen (secondary N) is 1. The molecule has 0 fully saturated rings. The zero-order valence-corrected chi connectivity index (χ0v) is 17.1. The van der Waals surface area contributed by atoms with Crippen molar-refractivity contribution >= 4 is 22.6 Å². The number of benzene rings is 3. The molecule has 30 heavy (non-hydrogen) atoms. The number of rotatable bonds is 6. The van der Waals surface area contributed by atoms with Crippen molar-refractivity contribution in [3.8, 4) is 11.1 Å². The van der Waals surface area contributed by atoms with Crippen molar-refractivity contribution in [2.45, 2.75) is 26.3 Å².